The summed E-state index contributed by atoms with van der Waals surface area (Å²) >= 11 is 11.5. The number of benzene rings is 2. The van der Waals surface area contributed by atoms with Crippen LogP contribution in [0, 0.1) is 11.7 Å². The van der Waals surface area contributed by atoms with Gasteiger partial charge in [-0.05, 0) is 34.9 Å². The monoisotopic (exact) mass is 594 g/mol. The minimum absolute atomic E-state index is 0.0389. The van der Waals surface area contributed by atoms with Gasteiger partial charge in [-0.3, -0.25) is 13.9 Å². The molecule has 2 aromatic carbocycles. The Bertz CT molecular complexity index is 1370. The van der Waals surface area contributed by atoms with E-state index in [1.54, 1.807) is 23.1 Å². The maximum Gasteiger partial charge on any atom is 0.435 e. The Morgan fingerprint density at radius 3 is 2.39 bits per heavy atom. The first-order valence-electron chi connectivity index (χ1n) is 11.5. The van der Waals surface area contributed by atoms with Crippen molar-refractivity contribution < 1.29 is 41.0 Å². The quantitative estimate of drug-likeness (QED) is 0.353. The third-order valence-corrected chi connectivity index (χ3v) is 9.98. The van der Waals surface area contributed by atoms with E-state index in [-0.39, 0.29) is 29.7 Å². The fraction of sp³-hybridized carbons (Fsp3) is 0.417. The van der Waals surface area contributed by atoms with E-state index in [4.69, 9.17) is 32.8 Å². The van der Waals surface area contributed by atoms with Gasteiger partial charge >= 0.3 is 6.18 Å². The summed E-state index contributed by atoms with van der Waals surface area (Å²) in [4.78, 5) is 19.2. The van der Waals surface area contributed by atoms with Crippen molar-refractivity contribution >= 4 is 45.4 Å². The van der Waals surface area contributed by atoms with Gasteiger partial charge in [-0.25, -0.2) is 4.39 Å². The lowest BCUT2D eigenvalue weighted by Crippen LogP contribution is -2.63. The molecule has 1 atom stereocenters. The molecule has 2 aromatic rings. The minimum Gasteiger partial charge on any atom is -0.374 e. The van der Waals surface area contributed by atoms with Crippen molar-refractivity contribution in [3.8, 4) is 0 Å². The number of fused-ring (bicyclic) bond motifs is 2. The van der Waals surface area contributed by atoms with Crippen LogP contribution < -0.4 is 0 Å². The molecule has 2 saturated heterocycles. The number of carbonyl (C=O) groups is 1. The number of likely N-dealkylation sites (tertiary alicyclic amines) is 1. The molecule has 0 aromatic heterocycles. The predicted octanol–water partition coefficient (Wildman–Crippen LogP) is 5.66. The van der Waals surface area contributed by atoms with Crippen LogP contribution in [0.25, 0.3) is 0 Å². The highest BCUT2D eigenvalue weighted by molar-refractivity contribution is 8.25. The summed E-state index contributed by atoms with van der Waals surface area (Å²) < 4.78 is 81.9. The molecule has 38 heavy (non-hydrogen) atoms. The van der Waals surface area contributed by atoms with E-state index in [1.807, 2.05) is 0 Å². The molecular weight excluding hydrogens is 575 g/mol. The number of hydrogen-bond acceptors (Lipinski definition) is 6. The Morgan fingerprint density at radius 1 is 1.13 bits per heavy atom. The number of nitrogens with zero attached hydrogens (tertiary/aromatic N) is 2. The molecule has 7 nitrogen and oxygen atoms in total. The van der Waals surface area contributed by atoms with E-state index in [2.05, 4.69) is 5.16 Å². The molecule has 0 aliphatic carbocycles. The number of rotatable bonds is 3. The molecule has 1 spiro atoms. The number of alkyl halides is 3. The number of amides is 1. The van der Waals surface area contributed by atoms with Crippen molar-refractivity contribution in [3.63, 3.8) is 0 Å². The normalized spacial score (nSPS) is 26.3. The Morgan fingerprint density at radius 2 is 1.79 bits per heavy atom. The van der Waals surface area contributed by atoms with Gasteiger partial charge in [-0.1, -0.05) is 40.5 Å². The largest absolute Gasteiger partial charge is 0.435 e. The van der Waals surface area contributed by atoms with Crippen LogP contribution in [0.15, 0.2) is 35.5 Å². The summed E-state index contributed by atoms with van der Waals surface area (Å²) in [7, 11) is -2.62. The number of hydrogen-bond donors (Lipinski definition) is 2. The summed E-state index contributed by atoms with van der Waals surface area (Å²) in [6, 6.07) is 6.74. The molecule has 204 valence electrons. The van der Waals surface area contributed by atoms with Crippen LogP contribution in [0.3, 0.4) is 0 Å². The molecule has 4 aliphatic heterocycles. The van der Waals surface area contributed by atoms with Crippen molar-refractivity contribution in [2.75, 3.05) is 24.6 Å². The maximum absolute atomic E-state index is 14.3. The van der Waals surface area contributed by atoms with Crippen LogP contribution in [-0.4, -0.2) is 56.4 Å². The van der Waals surface area contributed by atoms with Crippen LogP contribution in [0.1, 0.15) is 28.7 Å². The van der Waals surface area contributed by atoms with E-state index in [0.717, 1.165) is 23.3 Å². The Labute approximate surface area is 225 Å². The molecule has 2 fully saturated rings. The average molecular weight is 595 g/mol. The SMILES string of the molecule is O=C(C1CS(O)(O)C1)N1CC2(C1)OCc1cc(C3=NO[C@](c4cc(Cl)c(F)c(Cl)c4)(C(F)(F)F)C3)ccc12. The number of oxime groups is 1. The second kappa shape index (κ2) is 8.45. The average Bonchev–Trinajstić information content (AvgIpc) is 3.42. The van der Waals surface area contributed by atoms with Gasteiger partial charge in [0, 0.05) is 12.0 Å². The predicted molar refractivity (Wildman–Crippen MR) is 132 cm³/mol. The Kier molecular flexibility index (Phi) is 5.82. The first-order valence-corrected chi connectivity index (χ1v) is 14.1. The van der Waals surface area contributed by atoms with Crippen molar-refractivity contribution in [1.29, 1.82) is 0 Å². The summed E-state index contributed by atoms with van der Waals surface area (Å²) in [5.74, 6) is -1.41. The third kappa shape index (κ3) is 3.91. The molecule has 4 heterocycles. The molecule has 0 saturated carbocycles. The molecule has 14 heteroatoms. The van der Waals surface area contributed by atoms with Gasteiger partial charge in [0.15, 0.2) is 5.82 Å². The second-order valence-corrected chi connectivity index (χ2v) is 13.2. The number of ether oxygens (including phenoxy) is 1. The molecule has 4 aliphatic rings. The highest BCUT2D eigenvalue weighted by Gasteiger charge is 2.63. The van der Waals surface area contributed by atoms with Crippen molar-refractivity contribution in [2.24, 2.45) is 11.1 Å². The van der Waals surface area contributed by atoms with Gasteiger partial charge in [-0.2, -0.15) is 23.8 Å². The van der Waals surface area contributed by atoms with E-state index >= 15 is 0 Å². The van der Waals surface area contributed by atoms with E-state index < -0.39 is 61.7 Å². The third-order valence-electron chi connectivity index (χ3n) is 7.56. The van der Waals surface area contributed by atoms with Crippen LogP contribution in [0.2, 0.25) is 10.0 Å². The van der Waals surface area contributed by atoms with Crippen molar-refractivity contribution in [2.45, 2.75) is 30.4 Å². The zero-order valence-corrected chi connectivity index (χ0v) is 21.7. The number of carbonyl (C=O) groups excluding carboxylic acids is 1. The topological polar surface area (TPSA) is 91.6 Å². The van der Waals surface area contributed by atoms with Crippen LogP contribution in [-0.2, 0) is 32.2 Å². The minimum atomic E-state index is -4.91. The maximum atomic E-state index is 14.3. The Balaban J connectivity index is 1.21. The van der Waals surface area contributed by atoms with Crippen LogP contribution >= 0.6 is 33.8 Å². The number of halogens is 6. The van der Waals surface area contributed by atoms with E-state index in [0.29, 0.717) is 18.7 Å². The molecule has 6 rings (SSSR count). The molecule has 0 radical (unpaired) electrons. The van der Waals surface area contributed by atoms with Gasteiger partial charge in [0.1, 0.15) is 5.60 Å². The zero-order chi connectivity index (χ0) is 27.3. The van der Waals surface area contributed by atoms with Crippen LogP contribution in [0.4, 0.5) is 17.6 Å². The fourth-order valence-corrected chi connectivity index (χ4v) is 7.43. The summed E-state index contributed by atoms with van der Waals surface area (Å²) in [5, 5.41) is 2.62. The lowest BCUT2D eigenvalue weighted by molar-refractivity contribution is -0.275. The standard InChI is InChI=1S/C24H20Cl2F4N2O5S/c25-17-4-15(5-18(26)20(17)27)23(24(28,29)30)6-19(31-37-23)12-1-2-16-13(3-12)7-36-22(16)10-32(11-22)21(33)14-8-38(34,35)9-14/h1-5,14,34-35H,6-11H2/t23-/m1/s1. The summed E-state index contributed by atoms with van der Waals surface area (Å²) in [6.45, 7) is 0.819. The lowest BCUT2D eigenvalue weighted by atomic mass is 9.82. The highest BCUT2D eigenvalue weighted by Crippen LogP contribution is 2.54. The van der Waals surface area contributed by atoms with Gasteiger partial charge in [-0.15, -0.1) is 0 Å². The smallest absolute Gasteiger partial charge is 0.374 e. The van der Waals surface area contributed by atoms with Crippen LogP contribution in [0.5, 0.6) is 0 Å². The van der Waals surface area contributed by atoms with Crippen molar-refractivity contribution in [1.82, 2.24) is 4.90 Å². The fourth-order valence-electron chi connectivity index (χ4n) is 5.46. The second-order valence-electron chi connectivity index (χ2n) is 10.1. The summed E-state index contributed by atoms with van der Waals surface area (Å²) in [5.41, 5.74) is -2.02. The summed E-state index contributed by atoms with van der Waals surface area (Å²) in [6.07, 6.45) is -5.59. The van der Waals surface area contributed by atoms with Gasteiger partial charge in [0.05, 0.1) is 52.9 Å². The highest BCUT2D eigenvalue weighted by atomic mass is 35.5. The van der Waals surface area contributed by atoms with Gasteiger partial charge < -0.3 is 14.5 Å². The van der Waals surface area contributed by atoms with E-state index in [9.17, 15) is 31.5 Å². The molecule has 0 unspecified atom stereocenters. The first-order chi connectivity index (χ1) is 17.7. The first kappa shape index (κ1) is 26.1. The molecule has 1 amide bonds. The Hall–Kier alpha value is -2.09. The zero-order valence-electron chi connectivity index (χ0n) is 19.4. The molecule has 0 bridgehead atoms. The van der Waals surface area contributed by atoms with Crippen molar-refractivity contribution in [3.05, 3.63) is 68.4 Å². The van der Waals surface area contributed by atoms with Gasteiger partial charge in [0.25, 0.3) is 5.60 Å². The molecule has 2 N–H and O–H groups in total. The lowest BCUT2D eigenvalue weighted by Gasteiger charge is -2.52. The van der Waals surface area contributed by atoms with Gasteiger partial charge in [0.2, 0.25) is 5.91 Å². The molecular formula is C24H20Cl2F4N2O5S. The van der Waals surface area contributed by atoms with E-state index in [1.165, 1.54) is 0 Å².